The number of allylic oxidation sites excluding steroid dienone is 2. The molecule has 0 saturated heterocycles. The van der Waals surface area contributed by atoms with Gasteiger partial charge in [0.2, 0.25) is 0 Å². The van der Waals surface area contributed by atoms with Gasteiger partial charge in [-0.1, -0.05) is 50.3 Å². The molecule has 4 aromatic rings. The van der Waals surface area contributed by atoms with Crippen LogP contribution in [0.2, 0.25) is 0 Å². The number of para-hydroxylation sites is 1. The Hall–Kier alpha value is -4.37. The van der Waals surface area contributed by atoms with Crippen LogP contribution in [0.15, 0.2) is 78.6 Å². The van der Waals surface area contributed by atoms with Crippen molar-refractivity contribution in [2.75, 3.05) is 11.9 Å². The molecule has 3 atom stereocenters. The Morgan fingerprint density at radius 3 is 2.64 bits per heavy atom. The lowest BCUT2D eigenvalue weighted by atomic mass is 9.59. The Bertz CT molecular complexity index is 1610. The van der Waals surface area contributed by atoms with Gasteiger partial charge in [-0.05, 0) is 47.4 Å². The van der Waals surface area contributed by atoms with Crippen molar-refractivity contribution in [1.82, 2.24) is 9.97 Å². The fraction of sp³-hybridized carbons (Fsp3) is 0.200. The quantitative estimate of drug-likeness (QED) is 0.381. The molecule has 176 valence electrons. The standard InChI is InChI=1S/C30H23FN4O/c1-17-25-15-33-28-23(18-7-9-21(31)10-8-18)11-19(27-22-5-3-4-6-26(22)34-16-35-27)12-24(28)30(25,2)13-20(14-32)29(17)36/h3-13,16-17,25,33H,15H2,1-2H3/t17-,25-,30-/m1/s1. The number of fused-ring (bicyclic) bond motifs is 4. The van der Waals surface area contributed by atoms with Gasteiger partial charge in [0.15, 0.2) is 5.78 Å². The molecule has 1 aliphatic heterocycles. The number of hydrogen-bond acceptors (Lipinski definition) is 5. The van der Waals surface area contributed by atoms with E-state index in [0.717, 1.165) is 44.5 Å². The predicted molar refractivity (Wildman–Crippen MR) is 138 cm³/mol. The number of ketones is 1. The van der Waals surface area contributed by atoms with E-state index in [-0.39, 0.29) is 29.0 Å². The number of hydrogen-bond donors (Lipinski definition) is 1. The summed E-state index contributed by atoms with van der Waals surface area (Å²) in [7, 11) is 0. The van der Waals surface area contributed by atoms with Crippen LogP contribution in [0.1, 0.15) is 19.4 Å². The maximum atomic E-state index is 13.8. The molecule has 0 radical (unpaired) electrons. The zero-order valence-corrected chi connectivity index (χ0v) is 19.9. The monoisotopic (exact) mass is 474 g/mol. The minimum Gasteiger partial charge on any atom is -0.384 e. The Labute approximate surface area is 208 Å². The maximum absolute atomic E-state index is 13.8. The molecular formula is C30H23FN4O. The number of nitrogens with zero attached hydrogens (tertiary/aromatic N) is 3. The number of benzene rings is 3. The minimum absolute atomic E-state index is 0.0203. The van der Waals surface area contributed by atoms with Crippen LogP contribution in [0.4, 0.5) is 10.1 Å². The maximum Gasteiger partial charge on any atom is 0.176 e. The minimum atomic E-state index is -0.549. The molecule has 2 heterocycles. The topological polar surface area (TPSA) is 78.7 Å². The van der Waals surface area contributed by atoms with Gasteiger partial charge in [-0.2, -0.15) is 5.26 Å². The molecule has 0 unspecified atom stereocenters. The van der Waals surface area contributed by atoms with Crippen molar-refractivity contribution in [3.63, 3.8) is 0 Å². The van der Waals surface area contributed by atoms with Crippen LogP contribution >= 0.6 is 0 Å². The molecule has 1 aliphatic carbocycles. The zero-order valence-electron chi connectivity index (χ0n) is 19.9. The summed E-state index contributed by atoms with van der Waals surface area (Å²) in [6.07, 6.45) is 3.41. The number of Topliss-reactive ketones (excluding diaryl/α,β-unsaturated/α-hetero) is 1. The molecule has 0 saturated carbocycles. The number of anilines is 1. The van der Waals surface area contributed by atoms with Crippen molar-refractivity contribution in [1.29, 1.82) is 5.26 Å². The third-order valence-electron chi connectivity index (χ3n) is 7.81. The van der Waals surface area contributed by atoms with Gasteiger partial charge in [-0.15, -0.1) is 0 Å². The van der Waals surface area contributed by atoms with Gasteiger partial charge in [0.05, 0.1) is 16.8 Å². The summed E-state index contributed by atoms with van der Waals surface area (Å²) in [5, 5.41) is 14.2. The highest BCUT2D eigenvalue weighted by Gasteiger charge is 2.48. The van der Waals surface area contributed by atoms with E-state index in [1.54, 1.807) is 18.5 Å². The number of carbonyl (C=O) groups is 1. The molecule has 0 bridgehead atoms. The first kappa shape index (κ1) is 22.1. The Kier molecular flexibility index (Phi) is 4.97. The van der Waals surface area contributed by atoms with Crippen LogP contribution in [-0.4, -0.2) is 22.3 Å². The second kappa shape index (κ2) is 8.10. The first-order valence-electron chi connectivity index (χ1n) is 12.0. The average molecular weight is 475 g/mol. The molecule has 6 heteroatoms. The Morgan fingerprint density at radius 1 is 1.08 bits per heavy atom. The molecule has 3 aromatic carbocycles. The summed E-state index contributed by atoms with van der Waals surface area (Å²) in [6, 6.07) is 20.6. The highest BCUT2D eigenvalue weighted by atomic mass is 19.1. The Balaban J connectivity index is 1.68. The molecule has 0 spiro atoms. The molecule has 36 heavy (non-hydrogen) atoms. The highest BCUT2D eigenvalue weighted by Crippen LogP contribution is 2.52. The van der Waals surface area contributed by atoms with Crippen LogP contribution in [0.25, 0.3) is 33.3 Å². The van der Waals surface area contributed by atoms with Gasteiger partial charge in [-0.25, -0.2) is 14.4 Å². The van der Waals surface area contributed by atoms with E-state index in [1.807, 2.05) is 37.3 Å². The fourth-order valence-corrected chi connectivity index (χ4v) is 5.88. The lowest BCUT2D eigenvalue weighted by molar-refractivity contribution is -0.121. The summed E-state index contributed by atoms with van der Waals surface area (Å²) in [6.45, 7) is 4.61. The molecule has 6 rings (SSSR count). The number of aromatic nitrogens is 2. The second-order valence-electron chi connectivity index (χ2n) is 9.79. The molecule has 0 amide bonds. The van der Waals surface area contributed by atoms with Crippen molar-refractivity contribution < 1.29 is 9.18 Å². The predicted octanol–water partition coefficient (Wildman–Crippen LogP) is 6.07. The number of carbonyl (C=O) groups excluding carboxylic acids is 1. The third-order valence-corrected chi connectivity index (χ3v) is 7.81. The van der Waals surface area contributed by atoms with Gasteiger partial charge < -0.3 is 5.32 Å². The van der Waals surface area contributed by atoms with Crippen molar-refractivity contribution in [2.24, 2.45) is 11.8 Å². The van der Waals surface area contributed by atoms with Crippen molar-refractivity contribution in [3.8, 4) is 28.5 Å². The Morgan fingerprint density at radius 2 is 1.86 bits per heavy atom. The van der Waals surface area contributed by atoms with Crippen LogP contribution in [0.3, 0.4) is 0 Å². The first-order valence-corrected chi connectivity index (χ1v) is 12.0. The highest BCUT2D eigenvalue weighted by molar-refractivity contribution is 6.03. The summed E-state index contributed by atoms with van der Waals surface area (Å²) < 4.78 is 13.8. The molecule has 1 aromatic heterocycles. The SMILES string of the molecule is C[C@H]1C(=O)C(C#N)=C[C@]2(C)c3cc(-c4ncnc5ccccc45)cc(-c4ccc(F)cc4)c3NC[C@H]12. The molecule has 5 nitrogen and oxygen atoms in total. The van der Waals surface area contributed by atoms with E-state index in [0.29, 0.717) is 6.54 Å². The molecule has 1 N–H and O–H groups in total. The van der Waals surface area contributed by atoms with Gasteiger partial charge in [0.1, 0.15) is 18.2 Å². The molecule has 0 fully saturated rings. The normalized spacial score (nSPS) is 22.7. The summed E-state index contributed by atoms with van der Waals surface area (Å²) >= 11 is 0. The number of nitriles is 1. The summed E-state index contributed by atoms with van der Waals surface area (Å²) in [5.74, 6) is -0.727. The number of rotatable bonds is 2. The smallest absolute Gasteiger partial charge is 0.176 e. The van der Waals surface area contributed by atoms with Gasteiger partial charge in [-0.3, -0.25) is 4.79 Å². The zero-order chi connectivity index (χ0) is 25.0. The molecule has 2 aliphatic rings. The summed E-state index contributed by atoms with van der Waals surface area (Å²) in [5.41, 5.74) is 5.89. The van der Waals surface area contributed by atoms with E-state index in [2.05, 4.69) is 40.4 Å². The number of halogens is 1. The van der Waals surface area contributed by atoms with E-state index in [1.165, 1.54) is 12.1 Å². The third kappa shape index (κ3) is 3.24. The fourth-order valence-electron chi connectivity index (χ4n) is 5.88. The van der Waals surface area contributed by atoms with E-state index < -0.39 is 5.41 Å². The largest absolute Gasteiger partial charge is 0.384 e. The summed E-state index contributed by atoms with van der Waals surface area (Å²) in [4.78, 5) is 21.9. The van der Waals surface area contributed by atoms with E-state index >= 15 is 0 Å². The van der Waals surface area contributed by atoms with Crippen molar-refractivity contribution in [3.05, 3.63) is 90.0 Å². The van der Waals surface area contributed by atoms with E-state index in [4.69, 9.17) is 0 Å². The lowest BCUT2D eigenvalue weighted by Gasteiger charge is -2.47. The van der Waals surface area contributed by atoms with Crippen molar-refractivity contribution >= 4 is 22.4 Å². The average Bonchev–Trinajstić information content (AvgIpc) is 2.90. The van der Waals surface area contributed by atoms with Gasteiger partial charge in [0.25, 0.3) is 0 Å². The van der Waals surface area contributed by atoms with Gasteiger partial charge in [0, 0.05) is 40.1 Å². The van der Waals surface area contributed by atoms with Crippen LogP contribution in [-0.2, 0) is 10.2 Å². The van der Waals surface area contributed by atoms with Crippen LogP contribution in [0.5, 0.6) is 0 Å². The van der Waals surface area contributed by atoms with Gasteiger partial charge >= 0.3 is 0 Å². The van der Waals surface area contributed by atoms with Crippen molar-refractivity contribution in [2.45, 2.75) is 19.3 Å². The number of nitrogens with one attached hydrogen (secondary N) is 1. The second-order valence-corrected chi connectivity index (χ2v) is 9.79. The molecular weight excluding hydrogens is 451 g/mol. The van der Waals surface area contributed by atoms with Crippen LogP contribution < -0.4 is 5.32 Å². The lowest BCUT2D eigenvalue weighted by Crippen LogP contribution is -2.48. The van der Waals surface area contributed by atoms with E-state index in [9.17, 15) is 14.4 Å². The first-order chi connectivity index (χ1) is 17.4. The van der Waals surface area contributed by atoms with Crippen LogP contribution in [0, 0.1) is 29.0 Å².